The average molecular weight is 1180 g/mol. The number of benzene rings is 2. The van der Waals surface area contributed by atoms with E-state index in [4.69, 9.17) is 40.9 Å². The smallest absolute Gasteiger partial charge is 0.303 e. The summed E-state index contributed by atoms with van der Waals surface area (Å²) in [5, 5.41) is 90.8. The lowest BCUT2D eigenvalue weighted by Crippen LogP contribution is -2.37. The predicted molar refractivity (Wildman–Crippen MR) is 346 cm³/mol. The quantitative estimate of drug-likeness (QED) is 0.0232. The second-order valence-corrected chi connectivity index (χ2v) is 27.3. The van der Waals surface area contributed by atoms with Crippen molar-refractivity contribution in [1.29, 1.82) is 0 Å². The first-order valence-corrected chi connectivity index (χ1v) is 31.5. The van der Waals surface area contributed by atoms with Gasteiger partial charge >= 0.3 is 11.9 Å². The Morgan fingerprint density at radius 3 is 0.704 bits per heavy atom. The number of carbonyl (C=O) groups is 2. The molecule has 0 aromatic heterocycles. The molecule has 0 aliphatic rings. The fraction of sp³-hybridized carbons (Fsp3) is 0.761. The molecule has 0 aliphatic carbocycles. The molecule has 81 heavy (non-hydrogen) atoms. The van der Waals surface area contributed by atoms with Gasteiger partial charge in [0.15, 0.2) is 10.1 Å². The standard InChI is InChI=1S/2C17H26O3.2C14H28OS.C5H12O4/c2*1-16(2,3)12-9-11(7-8-14(18)19)10-13(15(12)20)17(4,5)6;2*1-2-3-4-5-6-7-8-9-10-11-12-13-14(15)16;6-1-5(2-7,3-8)4-9/h2*9-10,20H,7-8H2,1-6H3,(H,18,19);2*2-13H2,1H3,(H,15,16);6-9H,1-4H2. The summed E-state index contributed by atoms with van der Waals surface area (Å²) in [5.41, 5.74) is 3.64. The Morgan fingerprint density at radius 1 is 0.358 bits per heavy atom. The van der Waals surface area contributed by atoms with Gasteiger partial charge in [-0.05, 0) is 105 Å². The van der Waals surface area contributed by atoms with E-state index in [-0.39, 0.29) is 44.6 Å². The zero-order valence-corrected chi connectivity index (χ0v) is 55.2. The molecular formula is C67H120O12S2. The highest BCUT2D eigenvalue weighted by Gasteiger charge is 2.29. The summed E-state index contributed by atoms with van der Waals surface area (Å²) in [6.07, 6.45) is 32.1. The van der Waals surface area contributed by atoms with E-state index in [1.807, 2.05) is 24.3 Å². The van der Waals surface area contributed by atoms with Crippen LogP contribution in [0.3, 0.4) is 0 Å². The van der Waals surface area contributed by atoms with Gasteiger partial charge in [0.1, 0.15) is 11.5 Å². The number of carboxylic acid groups (broad SMARTS) is 2. The van der Waals surface area contributed by atoms with Gasteiger partial charge in [0.25, 0.3) is 0 Å². The van der Waals surface area contributed by atoms with Crippen LogP contribution in [-0.2, 0) is 44.1 Å². The second-order valence-electron chi connectivity index (χ2n) is 26.4. The minimum Gasteiger partial charge on any atom is -0.507 e. The van der Waals surface area contributed by atoms with Crippen molar-refractivity contribution in [3.05, 3.63) is 57.6 Å². The molecule has 12 nitrogen and oxygen atoms in total. The first-order valence-electron chi connectivity index (χ1n) is 30.7. The number of unbranched alkanes of at least 4 members (excludes halogenated alkanes) is 20. The third kappa shape index (κ3) is 42.1. The Balaban J connectivity index is -0.000000958. The van der Waals surface area contributed by atoms with Crippen LogP contribution in [0.4, 0.5) is 0 Å². The van der Waals surface area contributed by atoms with E-state index in [0.717, 1.165) is 46.2 Å². The van der Waals surface area contributed by atoms with E-state index in [9.17, 15) is 19.8 Å². The maximum absolute atomic E-state index is 10.8. The summed E-state index contributed by atoms with van der Waals surface area (Å²) in [5.74, 6) is -0.923. The van der Waals surface area contributed by atoms with Crippen molar-refractivity contribution in [2.45, 2.75) is 298 Å². The maximum Gasteiger partial charge on any atom is 0.303 e. The second kappa shape index (κ2) is 45.0. The van der Waals surface area contributed by atoms with Crippen molar-refractivity contribution in [3.63, 3.8) is 0 Å². The molecular weight excluding hydrogens is 1060 g/mol. The number of aryl methyl sites for hydroxylation is 2. The summed E-state index contributed by atoms with van der Waals surface area (Å²) in [7, 11) is 0. The number of hydrogen-bond acceptors (Lipinski definition) is 10. The van der Waals surface area contributed by atoms with Crippen LogP contribution in [0, 0.1) is 5.41 Å². The van der Waals surface area contributed by atoms with Gasteiger partial charge < -0.3 is 51.1 Å². The summed E-state index contributed by atoms with van der Waals surface area (Å²) < 4.78 is 0. The van der Waals surface area contributed by atoms with E-state index >= 15 is 0 Å². The minimum atomic E-state index is -1.11. The molecule has 0 unspecified atom stereocenters. The Labute approximate surface area is 504 Å². The molecule has 0 saturated carbocycles. The van der Waals surface area contributed by atoms with Crippen LogP contribution in [0.25, 0.3) is 0 Å². The molecule has 0 spiro atoms. The zero-order valence-electron chi connectivity index (χ0n) is 53.5. The molecule has 0 fully saturated rings. The van der Waals surface area contributed by atoms with Crippen LogP contribution in [0.2, 0.25) is 0 Å². The molecule has 10 N–H and O–H groups in total. The van der Waals surface area contributed by atoms with Crippen molar-refractivity contribution in [1.82, 2.24) is 0 Å². The molecule has 2 aromatic rings. The Hall–Kier alpha value is -3.40. The van der Waals surface area contributed by atoms with Crippen LogP contribution in [0.1, 0.15) is 297 Å². The number of carboxylic acids is 2. The molecule has 0 atom stereocenters. The highest BCUT2D eigenvalue weighted by atomic mass is 32.1. The number of phenolic OH excluding ortho intramolecular Hbond substituents is 2. The number of thiocarbonyl (C=S) groups is 2. The van der Waals surface area contributed by atoms with Crippen LogP contribution in [-0.4, -0.2) is 99.5 Å². The fourth-order valence-electron chi connectivity index (χ4n) is 8.65. The van der Waals surface area contributed by atoms with Gasteiger partial charge in [0, 0.05) is 25.7 Å². The molecule has 2 aromatic carbocycles. The molecule has 0 saturated heterocycles. The number of aromatic hydroxyl groups is 2. The molecule has 0 amide bonds. The van der Waals surface area contributed by atoms with Crippen LogP contribution in [0.15, 0.2) is 24.3 Å². The van der Waals surface area contributed by atoms with E-state index in [2.05, 4.69) is 121 Å². The fourth-order valence-corrected chi connectivity index (χ4v) is 8.94. The highest BCUT2D eigenvalue weighted by Crippen LogP contribution is 2.41. The van der Waals surface area contributed by atoms with Gasteiger partial charge in [-0.2, -0.15) is 0 Å². The number of aliphatic hydroxyl groups is 6. The van der Waals surface area contributed by atoms with Crippen molar-refractivity contribution >= 4 is 46.5 Å². The number of phenols is 2. The number of aliphatic carboxylic acids is 2. The van der Waals surface area contributed by atoms with Crippen LogP contribution >= 0.6 is 24.4 Å². The number of hydrogen-bond donors (Lipinski definition) is 10. The monoisotopic (exact) mass is 1180 g/mol. The van der Waals surface area contributed by atoms with E-state index in [1.54, 1.807) is 0 Å². The summed E-state index contributed by atoms with van der Waals surface area (Å²) in [4.78, 5) is 21.5. The van der Waals surface area contributed by atoms with E-state index in [1.165, 1.54) is 128 Å². The Bertz CT molecular complexity index is 1770. The molecule has 0 heterocycles. The van der Waals surface area contributed by atoms with Gasteiger partial charge in [-0.3, -0.25) is 9.59 Å². The van der Waals surface area contributed by atoms with Crippen molar-refractivity contribution in [2.75, 3.05) is 26.4 Å². The van der Waals surface area contributed by atoms with Gasteiger partial charge in [-0.1, -0.05) is 250 Å². The average Bonchev–Trinajstić information content (AvgIpc) is 3.36. The third-order valence-corrected chi connectivity index (χ3v) is 14.6. The highest BCUT2D eigenvalue weighted by molar-refractivity contribution is 7.80. The zero-order chi connectivity index (χ0) is 62.9. The first kappa shape index (κ1) is 81.8. The lowest BCUT2D eigenvalue weighted by Gasteiger charge is -2.28. The summed E-state index contributed by atoms with van der Waals surface area (Å²) in [6, 6.07) is 7.75. The van der Waals surface area contributed by atoms with Crippen LogP contribution < -0.4 is 0 Å². The van der Waals surface area contributed by atoms with Crippen molar-refractivity contribution < 1.29 is 60.7 Å². The predicted octanol–water partition coefficient (Wildman–Crippen LogP) is 17.1. The lowest BCUT2D eigenvalue weighted by molar-refractivity contribution is -0.138. The van der Waals surface area contributed by atoms with Gasteiger partial charge in [0.05, 0.1) is 31.8 Å². The van der Waals surface area contributed by atoms with E-state index in [0.29, 0.717) is 37.2 Å². The summed E-state index contributed by atoms with van der Waals surface area (Å²) in [6.45, 7) is 27.5. The molecule has 0 radical (unpaired) electrons. The Morgan fingerprint density at radius 2 is 0.556 bits per heavy atom. The topological polar surface area (TPSA) is 236 Å². The molecule has 0 aliphatic heterocycles. The maximum atomic E-state index is 10.8. The van der Waals surface area contributed by atoms with E-state index < -0.39 is 43.8 Å². The molecule has 2 rings (SSSR count). The molecule has 0 bridgehead atoms. The summed E-state index contributed by atoms with van der Waals surface area (Å²) >= 11 is 9.24. The molecule has 472 valence electrons. The van der Waals surface area contributed by atoms with Gasteiger partial charge in [-0.25, -0.2) is 0 Å². The third-order valence-electron chi connectivity index (χ3n) is 14.2. The number of aliphatic hydroxyl groups excluding tert-OH is 6. The lowest BCUT2D eigenvalue weighted by atomic mass is 9.78. The van der Waals surface area contributed by atoms with Crippen LogP contribution in [0.5, 0.6) is 11.5 Å². The van der Waals surface area contributed by atoms with Crippen molar-refractivity contribution in [2.24, 2.45) is 5.41 Å². The number of rotatable bonds is 34. The SMILES string of the molecule is CC(C)(C)c1cc(CCC(=O)O)cc(C(C)(C)C)c1O.CC(C)(C)c1cc(CCC(=O)O)cc(C(C)(C)C)c1O.CCCCCCCCCCCCCC(O)=S.CCCCCCCCCCCCCC(O)=S.OCC(CO)(CO)CO. The minimum absolute atomic E-state index is 0.109. The first-order chi connectivity index (χ1) is 37.6. The van der Waals surface area contributed by atoms with Crippen molar-refractivity contribution in [3.8, 4) is 11.5 Å². The van der Waals surface area contributed by atoms with Gasteiger partial charge in [-0.15, -0.1) is 0 Å². The molecule has 14 heteroatoms. The normalized spacial score (nSPS) is 11.7. The Kier molecular flexibility index (Phi) is 45.5. The van der Waals surface area contributed by atoms with Gasteiger partial charge in [0.2, 0.25) is 0 Å². The largest absolute Gasteiger partial charge is 0.507 e.